The van der Waals surface area contributed by atoms with Crippen molar-refractivity contribution in [1.82, 2.24) is 9.80 Å². The van der Waals surface area contributed by atoms with Gasteiger partial charge in [-0.2, -0.15) is 0 Å². The van der Waals surface area contributed by atoms with E-state index in [9.17, 15) is 18.0 Å². The molecule has 3 rings (SSSR count). The summed E-state index contributed by atoms with van der Waals surface area (Å²) >= 11 is 0. The summed E-state index contributed by atoms with van der Waals surface area (Å²) in [4.78, 5) is 16.4. The molecule has 0 radical (unpaired) electrons. The molecule has 0 saturated carbocycles. The smallest absolute Gasteiger partial charge is 0.254 e. The highest BCUT2D eigenvalue weighted by atomic mass is 19.2. The number of amides is 1. The zero-order valence-corrected chi connectivity index (χ0v) is 13.7. The van der Waals surface area contributed by atoms with Crippen LogP contribution in [-0.2, 0) is 6.54 Å². The second-order valence-electron chi connectivity index (χ2n) is 6.18. The molecule has 1 saturated heterocycles. The maximum atomic E-state index is 13.3. The first-order valence-electron chi connectivity index (χ1n) is 8.24. The highest BCUT2D eigenvalue weighted by molar-refractivity contribution is 5.94. The van der Waals surface area contributed by atoms with E-state index in [4.69, 9.17) is 0 Å². The Morgan fingerprint density at radius 3 is 2.36 bits per heavy atom. The molecular formula is C19H19F3N2O. The molecule has 6 heteroatoms. The fourth-order valence-corrected chi connectivity index (χ4v) is 2.99. The molecule has 2 aromatic rings. The normalized spacial score (nSPS) is 15.9. The average Bonchev–Trinajstić information content (AvgIpc) is 2.84. The minimum Gasteiger partial charge on any atom is -0.337 e. The van der Waals surface area contributed by atoms with E-state index in [2.05, 4.69) is 4.90 Å². The molecule has 1 aliphatic heterocycles. The second-order valence-corrected chi connectivity index (χ2v) is 6.18. The van der Waals surface area contributed by atoms with E-state index in [-0.39, 0.29) is 17.3 Å². The number of carbonyl (C=O) groups excluding carboxylic acids is 1. The van der Waals surface area contributed by atoms with Crippen LogP contribution in [0.5, 0.6) is 0 Å². The van der Waals surface area contributed by atoms with E-state index >= 15 is 0 Å². The molecule has 1 aliphatic rings. The quantitative estimate of drug-likeness (QED) is 0.848. The molecule has 0 unspecified atom stereocenters. The van der Waals surface area contributed by atoms with Crippen molar-refractivity contribution in [2.75, 3.05) is 26.2 Å². The van der Waals surface area contributed by atoms with Gasteiger partial charge in [0.05, 0.1) is 0 Å². The maximum Gasteiger partial charge on any atom is 0.254 e. The van der Waals surface area contributed by atoms with Gasteiger partial charge in [-0.1, -0.05) is 12.1 Å². The molecule has 132 valence electrons. The van der Waals surface area contributed by atoms with Gasteiger partial charge in [-0.25, -0.2) is 13.2 Å². The van der Waals surface area contributed by atoms with Gasteiger partial charge >= 0.3 is 0 Å². The molecule has 0 aliphatic carbocycles. The Morgan fingerprint density at radius 1 is 0.880 bits per heavy atom. The lowest BCUT2D eigenvalue weighted by Gasteiger charge is -2.22. The van der Waals surface area contributed by atoms with Crippen molar-refractivity contribution in [1.29, 1.82) is 0 Å². The molecule has 0 bridgehead atoms. The number of rotatable bonds is 3. The van der Waals surface area contributed by atoms with E-state index in [0.717, 1.165) is 30.7 Å². The molecule has 0 atom stereocenters. The van der Waals surface area contributed by atoms with Crippen molar-refractivity contribution in [2.45, 2.75) is 13.0 Å². The largest absolute Gasteiger partial charge is 0.337 e. The van der Waals surface area contributed by atoms with Crippen LogP contribution in [0.3, 0.4) is 0 Å². The lowest BCUT2D eigenvalue weighted by Crippen LogP contribution is -2.35. The zero-order chi connectivity index (χ0) is 17.8. The van der Waals surface area contributed by atoms with Crippen LogP contribution in [0.1, 0.15) is 22.3 Å². The summed E-state index contributed by atoms with van der Waals surface area (Å²) in [6, 6.07) is 9.61. The Bertz CT molecular complexity index is 749. The fourth-order valence-electron chi connectivity index (χ4n) is 2.99. The topological polar surface area (TPSA) is 23.6 Å². The zero-order valence-electron chi connectivity index (χ0n) is 13.7. The van der Waals surface area contributed by atoms with Gasteiger partial charge in [-0.15, -0.1) is 0 Å². The summed E-state index contributed by atoms with van der Waals surface area (Å²) in [5, 5.41) is 0. The molecule has 1 heterocycles. The SMILES string of the molecule is O=C(c1ccc(F)c(F)c1)N1CCCN(Cc2ccc(F)cc2)CC1. The Hall–Kier alpha value is -2.34. The van der Waals surface area contributed by atoms with E-state index in [1.54, 1.807) is 17.0 Å². The fraction of sp³-hybridized carbons (Fsp3) is 0.316. The molecular weight excluding hydrogens is 329 g/mol. The monoisotopic (exact) mass is 348 g/mol. The summed E-state index contributed by atoms with van der Waals surface area (Å²) in [7, 11) is 0. The first-order chi connectivity index (χ1) is 12.0. The molecule has 0 spiro atoms. The summed E-state index contributed by atoms with van der Waals surface area (Å²) in [5.74, 6) is -2.53. The van der Waals surface area contributed by atoms with Crippen molar-refractivity contribution in [3.05, 3.63) is 71.0 Å². The first-order valence-corrected chi connectivity index (χ1v) is 8.24. The second kappa shape index (κ2) is 7.70. The number of hydrogen-bond donors (Lipinski definition) is 0. The molecule has 3 nitrogen and oxygen atoms in total. The first kappa shape index (κ1) is 17.5. The summed E-state index contributed by atoms with van der Waals surface area (Å²) in [6.45, 7) is 3.26. The van der Waals surface area contributed by atoms with E-state index in [1.807, 2.05) is 0 Å². The Kier molecular flexibility index (Phi) is 5.38. The number of nitrogens with zero attached hydrogens (tertiary/aromatic N) is 2. The van der Waals surface area contributed by atoms with Gasteiger partial charge in [0.25, 0.3) is 5.91 Å². The number of carbonyl (C=O) groups is 1. The van der Waals surface area contributed by atoms with Crippen molar-refractivity contribution in [3.8, 4) is 0 Å². The molecule has 2 aromatic carbocycles. The van der Waals surface area contributed by atoms with Crippen LogP contribution in [-0.4, -0.2) is 41.9 Å². The van der Waals surface area contributed by atoms with Crippen LogP contribution in [0.15, 0.2) is 42.5 Å². The molecule has 0 aromatic heterocycles. The third-order valence-electron chi connectivity index (χ3n) is 4.36. The molecule has 0 N–H and O–H groups in total. The number of hydrogen-bond acceptors (Lipinski definition) is 2. The van der Waals surface area contributed by atoms with E-state index in [0.29, 0.717) is 26.2 Å². The molecule has 1 amide bonds. The third-order valence-corrected chi connectivity index (χ3v) is 4.36. The van der Waals surface area contributed by atoms with E-state index in [1.165, 1.54) is 18.2 Å². The van der Waals surface area contributed by atoms with Gasteiger partial charge in [-0.05, 0) is 42.3 Å². The Labute approximate surface area is 144 Å². The third kappa shape index (κ3) is 4.39. The van der Waals surface area contributed by atoms with Gasteiger partial charge < -0.3 is 4.90 Å². The van der Waals surface area contributed by atoms with Gasteiger partial charge in [0.2, 0.25) is 0 Å². The Morgan fingerprint density at radius 2 is 1.64 bits per heavy atom. The molecule has 25 heavy (non-hydrogen) atoms. The van der Waals surface area contributed by atoms with Gasteiger partial charge in [0.15, 0.2) is 11.6 Å². The van der Waals surface area contributed by atoms with Gasteiger partial charge in [0.1, 0.15) is 5.82 Å². The summed E-state index contributed by atoms with van der Waals surface area (Å²) in [5.41, 5.74) is 1.17. The predicted octanol–water partition coefficient (Wildman–Crippen LogP) is 3.45. The minimum absolute atomic E-state index is 0.158. The average molecular weight is 348 g/mol. The number of benzene rings is 2. The summed E-state index contributed by atoms with van der Waals surface area (Å²) < 4.78 is 39.3. The van der Waals surface area contributed by atoms with Crippen molar-refractivity contribution in [3.63, 3.8) is 0 Å². The maximum absolute atomic E-state index is 13.3. The minimum atomic E-state index is -1.02. The molecule has 1 fully saturated rings. The van der Waals surface area contributed by atoms with Crippen LogP contribution in [0.2, 0.25) is 0 Å². The highest BCUT2D eigenvalue weighted by Gasteiger charge is 2.21. The van der Waals surface area contributed by atoms with Gasteiger partial charge in [0, 0.05) is 38.3 Å². The van der Waals surface area contributed by atoms with E-state index < -0.39 is 11.6 Å². The predicted molar refractivity (Wildman–Crippen MR) is 88.6 cm³/mol. The van der Waals surface area contributed by atoms with Crippen molar-refractivity contribution >= 4 is 5.91 Å². The Balaban J connectivity index is 1.61. The van der Waals surface area contributed by atoms with Crippen LogP contribution < -0.4 is 0 Å². The van der Waals surface area contributed by atoms with Crippen LogP contribution >= 0.6 is 0 Å². The lowest BCUT2D eigenvalue weighted by molar-refractivity contribution is 0.0760. The van der Waals surface area contributed by atoms with Crippen LogP contribution in [0.25, 0.3) is 0 Å². The highest BCUT2D eigenvalue weighted by Crippen LogP contribution is 2.14. The van der Waals surface area contributed by atoms with Crippen molar-refractivity contribution in [2.24, 2.45) is 0 Å². The van der Waals surface area contributed by atoms with Crippen LogP contribution in [0, 0.1) is 17.5 Å². The summed E-state index contributed by atoms with van der Waals surface area (Å²) in [6.07, 6.45) is 0.788. The van der Waals surface area contributed by atoms with Gasteiger partial charge in [-0.3, -0.25) is 9.69 Å². The standard InChI is InChI=1S/C19H19F3N2O/c20-16-5-2-14(3-6-16)13-23-8-1-9-24(11-10-23)19(25)15-4-7-17(21)18(22)12-15/h2-7,12H,1,8-11,13H2. The lowest BCUT2D eigenvalue weighted by atomic mass is 10.2. The number of halogens is 3. The van der Waals surface area contributed by atoms with Crippen molar-refractivity contribution < 1.29 is 18.0 Å². The van der Waals surface area contributed by atoms with Crippen LogP contribution in [0.4, 0.5) is 13.2 Å².